The van der Waals surface area contributed by atoms with Crippen molar-refractivity contribution < 1.29 is 4.39 Å². The first kappa shape index (κ1) is 6.02. The number of halogens is 1. The van der Waals surface area contributed by atoms with E-state index in [1.165, 1.54) is 0 Å². The SMILES string of the molecule is CC(C)N1CC(F)C1. The molecule has 8 heavy (non-hydrogen) atoms. The van der Waals surface area contributed by atoms with Gasteiger partial charge in [-0.05, 0) is 13.8 Å². The van der Waals surface area contributed by atoms with E-state index in [2.05, 4.69) is 18.7 Å². The molecule has 0 unspecified atom stereocenters. The van der Waals surface area contributed by atoms with Gasteiger partial charge in [0.2, 0.25) is 0 Å². The van der Waals surface area contributed by atoms with Gasteiger partial charge >= 0.3 is 0 Å². The fourth-order valence-corrected chi connectivity index (χ4v) is 0.877. The summed E-state index contributed by atoms with van der Waals surface area (Å²) in [5.74, 6) is 0. The highest BCUT2D eigenvalue weighted by Crippen LogP contribution is 2.13. The van der Waals surface area contributed by atoms with Crippen LogP contribution in [-0.4, -0.2) is 30.2 Å². The molecule has 48 valence electrons. The van der Waals surface area contributed by atoms with Gasteiger partial charge in [0.05, 0.1) is 0 Å². The van der Waals surface area contributed by atoms with Gasteiger partial charge in [-0.25, -0.2) is 4.39 Å². The van der Waals surface area contributed by atoms with Crippen LogP contribution in [0.2, 0.25) is 0 Å². The van der Waals surface area contributed by atoms with Crippen molar-refractivity contribution in [1.29, 1.82) is 0 Å². The van der Waals surface area contributed by atoms with Crippen LogP contribution in [-0.2, 0) is 0 Å². The van der Waals surface area contributed by atoms with Crippen LogP contribution in [0, 0.1) is 0 Å². The van der Waals surface area contributed by atoms with E-state index in [-0.39, 0.29) is 0 Å². The lowest BCUT2D eigenvalue weighted by atomic mass is 10.1. The molecule has 0 radical (unpaired) electrons. The number of likely N-dealkylation sites (tertiary alicyclic amines) is 1. The Morgan fingerprint density at radius 3 is 2.12 bits per heavy atom. The Labute approximate surface area is 49.5 Å². The van der Waals surface area contributed by atoms with Crippen molar-refractivity contribution >= 4 is 0 Å². The van der Waals surface area contributed by atoms with E-state index in [0.717, 1.165) is 0 Å². The van der Waals surface area contributed by atoms with Crippen molar-refractivity contribution in [2.24, 2.45) is 0 Å². The molecule has 1 aliphatic heterocycles. The molecule has 0 spiro atoms. The molecule has 0 atom stereocenters. The largest absolute Gasteiger partial charge is 0.295 e. The summed E-state index contributed by atoms with van der Waals surface area (Å²) >= 11 is 0. The van der Waals surface area contributed by atoms with Gasteiger partial charge in [0.15, 0.2) is 0 Å². The zero-order chi connectivity index (χ0) is 6.15. The molecular weight excluding hydrogens is 105 g/mol. The Kier molecular flexibility index (Phi) is 1.52. The summed E-state index contributed by atoms with van der Waals surface area (Å²) in [6, 6.07) is 0.530. The second-order valence-electron chi connectivity index (χ2n) is 2.64. The van der Waals surface area contributed by atoms with Crippen molar-refractivity contribution in [3.8, 4) is 0 Å². The van der Waals surface area contributed by atoms with Gasteiger partial charge in [-0.2, -0.15) is 0 Å². The minimum Gasteiger partial charge on any atom is -0.295 e. The van der Waals surface area contributed by atoms with E-state index in [9.17, 15) is 4.39 Å². The maximum atomic E-state index is 12.1. The second-order valence-corrected chi connectivity index (χ2v) is 2.64. The van der Waals surface area contributed by atoms with E-state index in [1.807, 2.05) is 0 Å². The monoisotopic (exact) mass is 117 g/mol. The Morgan fingerprint density at radius 2 is 2.00 bits per heavy atom. The fourth-order valence-electron chi connectivity index (χ4n) is 0.877. The van der Waals surface area contributed by atoms with Crippen molar-refractivity contribution in [1.82, 2.24) is 4.90 Å². The summed E-state index contributed by atoms with van der Waals surface area (Å²) in [7, 11) is 0. The summed E-state index contributed by atoms with van der Waals surface area (Å²) < 4.78 is 12.1. The van der Waals surface area contributed by atoms with Crippen molar-refractivity contribution in [2.75, 3.05) is 13.1 Å². The van der Waals surface area contributed by atoms with Crippen LogP contribution < -0.4 is 0 Å². The Balaban J connectivity index is 2.15. The average Bonchev–Trinajstić information content (AvgIpc) is 1.57. The minimum atomic E-state index is -0.544. The van der Waals surface area contributed by atoms with Crippen molar-refractivity contribution in [2.45, 2.75) is 26.1 Å². The molecule has 0 N–H and O–H groups in total. The van der Waals surface area contributed by atoms with Crippen LogP contribution in [0.25, 0.3) is 0 Å². The van der Waals surface area contributed by atoms with E-state index < -0.39 is 6.17 Å². The van der Waals surface area contributed by atoms with Gasteiger partial charge in [-0.1, -0.05) is 0 Å². The normalized spacial score (nSPS) is 24.0. The highest BCUT2D eigenvalue weighted by atomic mass is 19.1. The predicted molar refractivity (Wildman–Crippen MR) is 31.6 cm³/mol. The first-order chi connectivity index (χ1) is 3.70. The smallest absolute Gasteiger partial charge is 0.125 e. The van der Waals surface area contributed by atoms with Crippen molar-refractivity contribution in [3.05, 3.63) is 0 Å². The molecule has 1 rings (SSSR count). The van der Waals surface area contributed by atoms with E-state index >= 15 is 0 Å². The summed E-state index contributed by atoms with van der Waals surface area (Å²) in [6.45, 7) is 5.48. The third-order valence-electron chi connectivity index (χ3n) is 1.60. The Bertz CT molecular complexity index is 76.6. The van der Waals surface area contributed by atoms with Gasteiger partial charge in [0.25, 0.3) is 0 Å². The maximum Gasteiger partial charge on any atom is 0.125 e. The van der Waals surface area contributed by atoms with Gasteiger partial charge in [0.1, 0.15) is 6.17 Å². The molecule has 0 saturated carbocycles. The molecule has 1 nitrogen and oxygen atoms in total. The molecule has 0 aromatic heterocycles. The molecule has 2 heteroatoms. The van der Waals surface area contributed by atoms with Crippen molar-refractivity contribution in [3.63, 3.8) is 0 Å². The lowest BCUT2D eigenvalue weighted by Crippen LogP contribution is -2.51. The standard InChI is InChI=1S/C6H12FN/c1-5(2)8-3-6(7)4-8/h5-6H,3-4H2,1-2H3. The highest BCUT2D eigenvalue weighted by molar-refractivity contribution is 4.81. The predicted octanol–water partition coefficient (Wildman–Crippen LogP) is 1.05. The van der Waals surface area contributed by atoms with Crippen LogP contribution in [0.4, 0.5) is 4.39 Å². The lowest BCUT2D eigenvalue weighted by Gasteiger charge is -2.37. The topological polar surface area (TPSA) is 3.24 Å². The summed E-state index contributed by atoms with van der Waals surface area (Å²) in [5.41, 5.74) is 0. The summed E-state index contributed by atoms with van der Waals surface area (Å²) in [4.78, 5) is 2.12. The average molecular weight is 117 g/mol. The third kappa shape index (κ3) is 0.996. The Morgan fingerprint density at radius 1 is 1.50 bits per heavy atom. The molecule has 1 heterocycles. The number of rotatable bonds is 1. The fraction of sp³-hybridized carbons (Fsp3) is 1.00. The van der Waals surface area contributed by atoms with E-state index in [4.69, 9.17) is 0 Å². The molecule has 1 aliphatic rings. The van der Waals surface area contributed by atoms with Crippen LogP contribution >= 0.6 is 0 Å². The molecule has 0 amide bonds. The van der Waals surface area contributed by atoms with Gasteiger partial charge in [-0.3, -0.25) is 4.90 Å². The molecule has 1 fully saturated rings. The highest BCUT2D eigenvalue weighted by Gasteiger charge is 2.27. The molecular formula is C6H12FN. The molecule has 0 aromatic rings. The molecule has 0 aromatic carbocycles. The zero-order valence-corrected chi connectivity index (χ0v) is 5.39. The zero-order valence-electron chi connectivity index (χ0n) is 5.39. The summed E-state index contributed by atoms with van der Waals surface area (Å²) in [6.07, 6.45) is -0.544. The van der Waals surface area contributed by atoms with Crippen LogP contribution in [0.5, 0.6) is 0 Å². The van der Waals surface area contributed by atoms with Crippen LogP contribution in [0.15, 0.2) is 0 Å². The number of hydrogen-bond acceptors (Lipinski definition) is 1. The first-order valence-corrected chi connectivity index (χ1v) is 3.08. The Hall–Kier alpha value is -0.110. The minimum absolute atomic E-state index is 0.530. The van der Waals surface area contributed by atoms with E-state index in [0.29, 0.717) is 19.1 Å². The van der Waals surface area contributed by atoms with Gasteiger partial charge in [-0.15, -0.1) is 0 Å². The quantitative estimate of drug-likeness (QED) is 0.496. The van der Waals surface area contributed by atoms with Crippen LogP contribution in [0.1, 0.15) is 13.8 Å². The first-order valence-electron chi connectivity index (χ1n) is 3.08. The number of hydrogen-bond donors (Lipinski definition) is 0. The second kappa shape index (κ2) is 2.02. The molecule has 0 bridgehead atoms. The molecule has 0 aliphatic carbocycles. The van der Waals surface area contributed by atoms with Gasteiger partial charge < -0.3 is 0 Å². The lowest BCUT2D eigenvalue weighted by molar-refractivity contribution is 0.0398. The number of alkyl halides is 1. The molecule has 1 saturated heterocycles. The third-order valence-corrected chi connectivity index (χ3v) is 1.60. The van der Waals surface area contributed by atoms with E-state index in [1.54, 1.807) is 0 Å². The van der Waals surface area contributed by atoms with Crippen LogP contribution in [0.3, 0.4) is 0 Å². The summed E-state index contributed by atoms with van der Waals surface area (Å²) in [5, 5.41) is 0. The maximum absolute atomic E-state index is 12.1. The number of nitrogens with zero attached hydrogens (tertiary/aromatic N) is 1. The van der Waals surface area contributed by atoms with Gasteiger partial charge in [0, 0.05) is 19.1 Å².